The summed E-state index contributed by atoms with van der Waals surface area (Å²) in [6, 6.07) is 10.7. The van der Waals surface area contributed by atoms with Crippen molar-refractivity contribution in [3.05, 3.63) is 64.1 Å². The van der Waals surface area contributed by atoms with E-state index in [1.165, 1.54) is 29.5 Å². The molecule has 2 amide bonds. The maximum atomic E-state index is 13.0. The van der Waals surface area contributed by atoms with Gasteiger partial charge in [-0.15, -0.1) is 22.7 Å². The van der Waals surface area contributed by atoms with Crippen molar-refractivity contribution >= 4 is 45.5 Å². The molecule has 0 atom stereocenters. The van der Waals surface area contributed by atoms with Crippen LogP contribution in [0.5, 0.6) is 0 Å². The van der Waals surface area contributed by atoms with E-state index in [-0.39, 0.29) is 11.4 Å². The Bertz CT molecular complexity index is 995. The molecule has 0 fully saturated rings. The molecule has 2 aromatic heterocycles. The highest BCUT2D eigenvalue weighted by atomic mass is 32.1. The second kappa shape index (κ2) is 8.11. The number of thiophene rings is 2. The second-order valence-electron chi connectivity index (χ2n) is 5.32. The van der Waals surface area contributed by atoms with Gasteiger partial charge in [0.05, 0.1) is 5.56 Å². The van der Waals surface area contributed by atoms with Gasteiger partial charge in [0.15, 0.2) is 6.61 Å². The predicted octanol–water partition coefficient (Wildman–Crippen LogP) is 3.51. The van der Waals surface area contributed by atoms with E-state index < -0.39 is 24.4 Å². The molecule has 6 nitrogen and oxygen atoms in total. The SMILES string of the molecule is NC(=O)c1ccsc1NC(=O)COC(=O)c1ccc(-c2ccc(F)cc2)s1. The number of esters is 1. The third kappa shape index (κ3) is 4.57. The van der Waals surface area contributed by atoms with Gasteiger partial charge in [-0.05, 0) is 41.3 Å². The highest BCUT2D eigenvalue weighted by Crippen LogP contribution is 2.28. The Morgan fingerprint density at radius 3 is 2.52 bits per heavy atom. The van der Waals surface area contributed by atoms with Crippen molar-refractivity contribution in [1.82, 2.24) is 0 Å². The minimum Gasteiger partial charge on any atom is -0.451 e. The topological polar surface area (TPSA) is 98.5 Å². The average molecular weight is 404 g/mol. The van der Waals surface area contributed by atoms with Crippen molar-refractivity contribution in [2.75, 3.05) is 11.9 Å². The molecule has 0 aliphatic carbocycles. The van der Waals surface area contributed by atoms with E-state index in [0.29, 0.717) is 9.88 Å². The highest BCUT2D eigenvalue weighted by Gasteiger charge is 2.16. The molecule has 0 aliphatic heterocycles. The molecular weight excluding hydrogens is 391 g/mol. The van der Waals surface area contributed by atoms with Crippen LogP contribution in [0.25, 0.3) is 10.4 Å². The Morgan fingerprint density at radius 1 is 1.07 bits per heavy atom. The number of nitrogens with one attached hydrogen (secondary N) is 1. The van der Waals surface area contributed by atoms with Crippen LogP contribution in [0.2, 0.25) is 0 Å². The van der Waals surface area contributed by atoms with Crippen molar-refractivity contribution in [1.29, 1.82) is 0 Å². The zero-order valence-corrected chi connectivity index (χ0v) is 15.4. The van der Waals surface area contributed by atoms with Gasteiger partial charge in [-0.1, -0.05) is 12.1 Å². The molecule has 0 aliphatic rings. The van der Waals surface area contributed by atoms with Crippen molar-refractivity contribution in [2.45, 2.75) is 0 Å². The van der Waals surface area contributed by atoms with Gasteiger partial charge in [-0.2, -0.15) is 0 Å². The number of ether oxygens (including phenoxy) is 1. The van der Waals surface area contributed by atoms with Gasteiger partial charge < -0.3 is 15.8 Å². The third-order valence-corrected chi connectivity index (χ3v) is 5.40. The van der Waals surface area contributed by atoms with E-state index in [1.807, 2.05) is 0 Å². The molecule has 9 heteroatoms. The largest absolute Gasteiger partial charge is 0.451 e. The van der Waals surface area contributed by atoms with E-state index >= 15 is 0 Å². The average Bonchev–Trinajstić information content (AvgIpc) is 3.30. The summed E-state index contributed by atoms with van der Waals surface area (Å²) in [5, 5.41) is 4.40. The zero-order chi connectivity index (χ0) is 19.4. The number of nitrogens with two attached hydrogens (primary N) is 1. The number of carbonyl (C=O) groups is 3. The van der Waals surface area contributed by atoms with Crippen LogP contribution in [0.15, 0.2) is 47.8 Å². The Hall–Kier alpha value is -3.04. The molecule has 0 saturated carbocycles. The minimum absolute atomic E-state index is 0.196. The van der Waals surface area contributed by atoms with E-state index in [1.54, 1.807) is 29.6 Å². The normalized spacial score (nSPS) is 10.4. The number of benzene rings is 1. The number of hydrogen-bond donors (Lipinski definition) is 2. The number of carbonyl (C=O) groups excluding carboxylic acids is 3. The predicted molar refractivity (Wildman–Crippen MR) is 101 cm³/mol. The summed E-state index contributed by atoms with van der Waals surface area (Å²) in [6.07, 6.45) is 0. The first-order chi connectivity index (χ1) is 12.9. The molecule has 3 rings (SSSR count). The summed E-state index contributed by atoms with van der Waals surface area (Å²) in [4.78, 5) is 36.3. The van der Waals surface area contributed by atoms with Crippen molar-refractivity contribution in [3.8, 4) is 10.4 Å². The molecule has 27 heavy (non-hydrogen) atoms. The van der Waals surface area contributed by atoms with Crippen molar-refractivity contribution < 1.29 is 23.5 Å². The Labute approximate surface area is 161 Å². The van der Waals surface area contributed by atoms with Crippen molar-refractivity contribution in [2.24, 2.45) is 5.73 Å². The summed E-state index contributed by atoms with van der Waals surface area (Å²) in [5.41, 5.74) is 6.17. The van der Waals surface area contributed by atoms with Crippen LogP contribution >= 0.6 is 22.7 Å². The highest BCUT2D eigenvalue weighted by molar-refractivity contribution is 7.17. The summed E-state index contributed by atoms with van der Waals surface area (Å²) in [5.74, 6) is -2.23. The number of anilines is 1. The maximum Gasteiger partial charge on any atom is 0.348 e. The molecule has 2 heterocycles. The molecule has 3 aromatic rings. The van der Waals surface area contributed by atoms with Gasteiger partial charge in [0.1, 0.15) is 15.7 Å². The summed E-state index contributed by atoms with van der Waals surface area (Å²) in [7, 11) is 0. The first-order valence-electron chi connectivity index (χ1n) is 7.64. The maximum absolute atomic E-state index is 13.0. The monoisotopic (exact) mass is 404 g/mol. The van der Waals surface area contributed by atoms with Gasteiger partial charge in [-0.25, -0.2) is 9.18 Å². The lowest BCUT2D eigenvalue weighted by molar-refractivity contribution is -0.119. The fourth-order valence-electron chi connectivity index (χ4n) is 2.18. The number of amides is 2. The van der Waals surface area contributed by atoms with Gasteiger partial charge in [0, 0.05) is 4.88 Å². The van der Waals surface area contributed by atoms with Crippen molar-refractivity contribution in [3.63, 3.8) is 0 Å². The molecule has 0 radical (unpaired) electrons. The van der Waals surface area contributed by atoms with Crippen LogP contribution in [-0.2, 0) is 9.53 Å². The molecule has 0 spiro atoms. The summed E-state index contributed by atoms with van der Waals surface area (Å²) < 4.78 is 18.0. The summed E-state index contributed by atoms with van der Waals surface area (Å²) in [6.45, 7) is -0.501. The zero-order valence-electron chi connectivity index (χ0n) is 13.7. The van der Waals surface area contributed by atoms with Gasteiger partial charge >= 0.3 is 5.97 Å². The van der Waals surface area contributed by atoms with E-state index in [2.05, 4.69) is 5.32 Å². The first kappa shape index (κ1) is 18.7. The number of rotatable bonds is 6. The smallest absolute Gasteiger partial charge is 0.348 e. The van der Waals surface area contributed by atoms with E-state index in [9.17, 15) is 18.8 Å². The lowest BCUT2D eigenvalue weighted by Crippen LogP contribution is -2.22. The molecular formula is C18H13FN2O4S2. The Kier molecular flexibility index (Phi) is 5.63. The van der Waals surface area contributed by atoms with Crippen LogP contribution in [-0.4, -0.2) is 24.4 Å². The van der Waals surface area contributed by atoms with Crippen LogP contribution in [0.3, 0.4) is 0 Å². The molecule has 0 unspecified atom stereocenters. The van der Waals surface area contributed by atoms with E-state index in [0.717, 1.165) is 21.8 Å². The van der Waals surface area contributed by atoms with Crippen LogP contribution in [0, 0.1) is 5.82 Å². The summed E-state index contributed by atoms with van der Waals surface area (Å²) >= 11 is 2.32. The van der Waals surface area contributed by atoms with Gasteiger partial charge in [0.25, 0.3) is 11.8 Å². The standard InChI is InChI=1S/C18H13FN2O4S2/c19-11-3-1-10(2-4-11)13-5-6-14(27-13)18(24)25-9-15(22)21-17-12(16(20)23)7-8-26-17/h1-8H,9H2,(H2,20,23)(H,21,22). The Morgan fingerprint density at radius 2 is 1.81 bits per heavy atom. The van der Waals surface area contributed by atoms with E-state index in [4.69, 9.17) is 10.5 Å². The van der Waals surface area contributed by atoms with Crippen LogP contribution in [0.4, 0.5) is 9.39 Å². The Balaban J connectivity index is 1.58. The van der Waals surface area contributed by atoms with Gasteiger partial charge in [0.2, 0.25) is 0 Å². The lowest BCUT2D eigenvalue weighted by atomic mass is 10.2. The fourth-order valence-corrected chi connectivity index (χ4v) is 3.90. The quantitative estimate of drug-likeness (QED) is 0.614. The third-order valence-electron chi connectivity index (χ3n) is 3.45. The minimum atomic E-state index is -0.657. The lowest BCUT2D eigenvalue weighted by Gasteiger charge is -2.05. The first-order valence-corrected chi connectivity index (χ1v) is 9.33. The number of halogens is 1. The number of primary amides is 1. The molecule has 0 saturated heterocycles. The number of hydrogen-bond acceptors (Lipinski definition) is 6. The molecule has 0 bridgehead atoms. The molecule has 138 valence electrons. The molecule has 1 aromatic carbocycles. The second-order valence-corrected chi connectivity index (χ2v) is 7.32. The molecule has 3 N–H and O–H groups in total. The van der Waals surface area contributed by atoms with Crippen LogP contribution in [0.1, 0.15) is 20.0 Å². The van der Waals surface area contributed by atoms with Crippen LogP contribution < -0.4 is 11.1 Å². The fraction of sp³-hybridized carbons (Fsp3) is 0.0556. The van der Waals surface area contributed by atoms with Gasteiger partial charge in [-0.3, -0.25) is 9.59 Å².